The molecule has 1 aromatic heterocycles. The molecule has 0 radical (unpaired) electrons. The zero-order chi connectivity index (χ0) is 15.7. The van der Waals surface area contributed by atoms with Gasteiger partial charge in [-0.05, 0) is 0 Å². The van der Waals surface area contributed by atoms with Gasteiger partial charge in [-0.2, -0.15) is 0 Å². The van der Waals surface area contributed by atoms with Gasteiger partial charge in [0.05, 0.1) is 10.6 Å². The molecule has 0 aliphatic carbocycles. The minimum absolute atomic E-state index is 0.0145. The van der Waals surface area contributed by atoms with Crippen LogP contribution in [0.25, 0.3) is 5.57 Å². The Hall–Kier alpha value is -1.98. The van der Waals surface area contributed by atoms with E-state index in [-0.39, 0.29) is 25.6 Å². The van der Waals surface area contributed by atoms with Crippen LogP contribution in [0, 0.1) is 0 Å². The van der Waals surface area contributed by atoms with Crippen LogP contribution in [-0.2, 0) is 14.4 Å². The lowest BCUT2D eigenvalue weighted by Gasteiger charge is -2.10. The summed E-state index contributed by atoms with van der Waals surface area (Å²) in [6.45, 7) is -0.625. The number of anilines is 1. The molecule has 0 bridgehead atoms. The van der Waals surface area contributed by atoms with Crippen LogP contribution < -0.4 is 5.73 Å². The quantitative estimate of drug-likeness (QED) is 0.525. The van der Waals surface area contributed by atoms with Gasteiger partial charge in [-0.25, -0.2) is 9.78 Å². The van der Waals surface area contributed by atoms with E-state index < -0.39 is 24.4 Å². The largest absolute Gasteiger partial charge is 0.480 e. The molecule has 0 atom stereocenters. The van der Waals surface area contributed by atoms with Crippen LogP contribution in [0.15, 0.2) is 10.3 Å². The number of carbonyl (C=O) groups is 3. The summed E-state index contributed by atoms with van der Waals surface area (Å²) in [7, 11) is 0. The van der Waals surface area contributed by atoms with Crippen molar-refractivity contribution in [2.75, 3.05) is 12.3 Å². The topological polar surface area (TPSA) is 134 Å². The minimum atomic E-state index is -1.36. The smallest absolute Gasteiger partial charge is 0.339 e. The second kappa shape index (κ2) is 5.79. The van der Waals surface area contributed by atoms with Crippen LogP contribution in [0.2, 0.25) is 0 Å². The Morgan fingerprint density at radius 3 is 2.57 bits per heavy atom. The fourth-order valence-electron chi connectivity index (χ4n) is 1.55. The summed E-state index contributed by atoms with van der Waals surface area (Å²) < 4.78 is -0.0145. The molecule has 1 saturated heterocycles. The number of aliphatic carboxylic acids is 2. The number of carboxylic acid groups (broad SMARTS) is 2. The van der Waals surface area contributed by atoms with Crippen molar-refractivity contribution >= 4 is 68.2 Å². The third-order valence-electron chi connectivity index (χ3n) is 2.36. The monoisotopic (exact) mass is 345 g/mol. The first-order valence-corrected chi connectivity index (χ1v) is 7.36. The molecule has 8 nitrogen and oxygen atoms in total. The number of hydrogen-bond donors (Lipinski definition) is 3. The molecule has 0 spiro atoms. The van der Waals surface area contributed by atoms with E-state index in [2.05, 4.69) is 4.98 Å². The number of rotatable bonds is 4. The van der Waals surface area contributed by atoms with Gasteiger partial charge in [-0.1, -0.05) is 24.0 Å². The van der Waals surface area contributed by atoms with E-state index in [9.17, 15) is 19.5 Å². The van der Waals surface area contributed by atoms with Crippen molar-refractivity contribution in [3.05, 3.63) is 16.0 Å². The van der Waals surface area contributed by atoms with Gasteiger partial charge in [-0.15, -0.1) is 11.3 Å². The summed E-state index contributed by atoms with van der Waals surface area (Å²) in [6, 6.07) is 0. The average molecular weight is 345 g/mol. The fraction of sp³-hybridized carbons (Fsp3) is 0.100. The summed E-state index contributed by atoms with van der Waals surface area (Å²) in [4.78, 5) is 38.8. The molecular formula is C10H7N3O5S3. The summed E-state index contributed by atoms with van der Waals surface area (Å²) in [5.74, 6) is -3.38. The summed E-state index contributed by atoms with van der Waals surface area (Å²) in [6.07, 6.45) is 0. The van der Waals surface area contributed by atoms with Crippen molar-refractivity contribution in [1.82, 2.24) is 9.88 Å². The second-order valence-electron chi connectivity index (χ2n) is 3.73. The van der Waals surface area contributed by atoms with E-state index in [1.165, 1.54) is 5.38 Å². The van der Waals surface area contributed by atoms with E-state index in [0.29, 0.717) is 0 Å². The lowest BCUT2D eigenvalue weighted by Crippen LogP contribution is -2.33. The Kier molecular flexibility index (Phi) is 4.25. The minimum Gasteiger partial charge on any atom is -0.480 e. The highest BCUT2D eigenvalue weighted by atomic mass is 32.2. The predicted octanol–water partition coefficient (Wildman–Crippen LogP) is 0.466. The summed E-state index contributed by atoms with van der Waals surface area (Å²) >= 11 is 6.67. The van der Waals surface area contributed by atoms with Gasteiger partial charge < -0.3 is 15.9 Å². The first-order valence-electron chi connectivity index (χ1n) is 5.25. The lowest BCUT2D eigenvalue weighted by molar-refractivity contribution is -0.140. The number of hydrogen-bond acceptors (Lipinski definition) is 8. The molecule has 0 unspecified atom stereocenters. The van der Waals surface area contributed by atoms with Gasteiger partial charge >= 0.3 is 11.9 Å². The molecule has 0 aromatic carbocycles. The molecule has 2 heterocycles. The third-order valence-corrected chi connectivity index (χ3v) is 4.48. The Labute approximate surface area is 131 Å². The first kappa shape index (κ1) is 15.4. The van der Waals surface area contributed by atoms with E-state index in [4.69, 9.17) is 23.1 Å². The maximum Gasteiger partial charge on any atom is 0.339 e. The second-order valence-corrected chi connectivity index (χ2v) is 6.27. The number of carboxylic acids is 2. The number of aromatic nitrogens is 1. The van der Waals surface area contributed by atoms with E-state index >= 15 is 0 Å². The van der Waals surface area contributed by atoms with Crippen molar-refractivity contribution in [3.63, 3.8) is 0 Å². The molecule has 1 aromatic rings. The molecule has 21 heavy (non-hydrogen) atoms. The van der Waals surface area contributed by atoms with Crippen molar-refractivity contribution in [3.8, 4) is 0 Å². The Morgan fingerprint density at radius 2 is 2.10 bits per heavy atom. The SMILES string of the molecule is Nc1nc(/C(C(=O)O)=C2\SC(=S)N(CC(=O)O)C2=O)cs1. The lowest BCUT2D eigenvalue weighted by atomic mass is 10.2. The molecule has 110 valence electrons. The maximum absolute atomic E-state index is 12.2. The van der Waals surface area contributed by atoms with Crippen molar-refractivity contribution in [2.24, 2.45) is 0 Å². The molecule has 2 rings (SSSR count). The number of thioether (sulfide) groups is 1. The van der Waals surface area contributed by atoms with Crippen LogP contribution in [0.3, 0.4) is 0 Å². The number of carbonyl (C=O) groups excluding carboxylic acids is 1. The van der Waals surface area contributed by atoms with Gasteiger partial charge in [0.2, 0.25) is 0 Å². The Morgan fingerprint density at radius 1 is 1.43 bits per heavy atom. The van der Waals surface area contributed by atoms with E-state index in [1.54, 1.807) is 0 Å². The van der Waals surface area contributed by atoms with Crippen molar-refractivity contribution in [2.45, 2.75) is 0 Å². The molecule has 1 amide bonds. The van der Waals surface area contributed by atoms with Crippen LogP contribution in [0.4, 0.5) is 5.13 Å². The number of amides is 1. The highest BCUT2D eigenvalue weighted by Crippen LogP contribution is 2.37. The van der Waals surface area contributed by atoms with Crippen LogP contribution >= 0.6 is 35.3 Å². The highest BCUT2D eigenvalue weighted by molar-refractivity contribution is 8.26. The van der Waals surface area contributed by atoms with Crippen LogP contribution in [-0.4, -0.2) is 48.8 Å². The van der Waals surface area contributed by atoms with Crippen molar-refractivity contribution in [1.29, 1.82) is 0 Å². The maximum atomic E-state index is 12.2. The first-order chi connectivity index (χ1) is 9.81. The number of thiazole rings is 1. The zero-order valence-electron chi connectivity index (χ0n) is 10.1. The summed E-state index contributed by atoms with van der Waals surface area (Å²) in [5, 5.41) is 19.6. The summed E-state index contributed by atoms with van der Waals surface area (Å²) in [5.41, 5.74) is 5.16. The van der Waals surface area contributed by atoms with E-state index in [1.807, 2.05) is 0 Å². The normalized spacial score (nSPS) is 17.2. The zero-order valence-corrected chi connectivity index (χ0v) is 12.5. The Balaban J connectivity index is 2.50. The molecule has 1 aliphatic heterocycles. The number of nitrogens with zero attached hydrogens (tertiary/aromatic N) is 2. The molecule has 1 aliphatic rings. The highest BCUT2D eigenvalue weighted by Gasteiger charge is 2.38. The van der Waals surface area contributed by atoms with Crippen LogP contribution in [0.5, 0.6) is 0 Å². The molecular weight excluding hydrogens is 338 g/mol. The average Bonchev–Trinajstić information content (AvgIpc) is 2.89. The van der Waals surface area contributed by atoms with Crippen LogP contribution in [0.1, 0.15) is 5.69 Å². The standard InChI is InChI=1S/C10H7N3O5S3/c11-9-12-3(2-20-9)5(8(17)18)6-7(16)13(1-4(14)15)10(19)21-6/h2H,1H2,(H2,11,12)(H,14,15)(H,17,18)/b6-5+. The van der Waals surface area contributed by atoms with Gasteiger partial charge in [-0.3, -0.25) is 14.5 Å². The third kappa shape index (κ3) is 3.04. The fourth-order valence-corrected chi connectivity index (χ4v) is 3.42. The number of nitrogen functional groups attached to an aromatic ring is 1. The molecule has 1 fully saturated rings. The van der Waals surface area contributed by atoms with Gasteiger partial charge in [0.1, 0.15) is 16.4 Å². The predicted molar refractivity (Wildman–Crippen MR) is 80.6 cm³/mol. The Bertz CT molecular complexity index is 696. The van der Waals surface area contributed by atoms with Gasteiger partial charge in [0.15, 0.2) is 5.13 Å². The van der Waals surface area contributed by atoms with Gasteiger partial charge in [0.25, 0.3) is 5.91 Å². The van der Waals surface area contributed by atoms with E-state index in [0.717, 1.165) is 28.0 Å². The molecule has 0 saturated carbocycles. The van der Waals surface area contributed by atoms with Crippen molar-refractivity contribution < 1.29 is 24.6 Å². The molecule has 11 heteroatoms. The van der Waals surface area contributed by atoms with Gasteiger partial charge in [0, 0.05) is 5.38 Å². The molecule has 4 N–H and O–H groups in total. The number of thiocarbonyl (C=S) groups is 1. The number of nitrogens with two attached hydrogens (primary N) is 1.